The fourth-order valence-corrected chi connectivity index (χ4v) is 4.10. The standard InChI is InChI=1S/C28H31FN6O3/c1-17(29)27(36)31-22-15-21(24(37-6)16-25(22)38-14-13-34(3)4)33-28-30-12-11-20(32-28)26-18(2)35(5)23-10-8-7-9-19(23)26/h7-12,15-16H,1,13-14H2,2-6H3,(H,31,36)(H,30,32,33). The number of methoxy groups -OCH3 is 1. The summed E-state index contributed by atoms with van der Waals surface area (Å²) in [6.07, 6.45) is 1.67. The first-order valence-electron chi connectivity index (χ1n) is 12.0. The molecule has 0 bridgehead atoms. The van der Waals surface area contributed by atoms with E-state index >= 15 is 0 Å². The average molecular weight is 519 g/mol. The zero-order valence-corrected chi connectivity index (χ0v) is 22.1. The van der Waals surface area contributed by atoms with Crippen LogP contribution in [0.15, 0.2) is 61.1 Å². The van der Waals surface area contributed by atoms with Crippen LogP contribution in [0.2, 0.25) is 0 Å². The third kappa shape index (κ3) is 5.60. The fourth-order valence-electron chi connectivity index (χ4n) is 4.10. The number of para-hydroxylation sites is 1. The quantitative estimate of drug-likeness (QED) is 0.284. The van der Waals surface area contributed by atoms with Gasteiger partial charge in [0.05, 0.1) is 24.2 Å². The third-order valence-electron chi connectivity index (χ3n) is 6.15. The van der Waals surface area contributed by atoms with Gasteiger partial charge in [0, 0.05) is 48.0 Å². The van der Waals surface area contributed by atoms with E-state index in [1.54, 1.807) is 18.3 Å². The van der Waals surface area contributed by atoms with E-state index in [2.05, 4.69) is 45.8 Å². The number of aromatic nitrogens is 3. The minimum atomic E-state index is -1.11. The van der Waals surface area contributed by atoms with Crippen LogP contribution in [0.5, 0.6) is 11.5 Å². The molecule has 198 valence electrons. The lowest BCUT2D eigenvalue weighted by atomic mass is 10.1. The largest absolute Gasteiger partial charge is 0.494 e. The Morgan fingerprint density at radius 3 is 2.63 bits per heavy atom. The second-order valence-electron chi connectivity index (χ2n) is 8.99. The molecule has 0 unspecified atom stereocenters. The van der Waals surface area contributed by atoms with Crippen LogP contribution in [0.25, 0.3) is 22.2 Å². The molecule has 0 aliphatic rings. The number of nitrogens with one attached hydrogen (secondary N) is 2. The van der Waals surface area contributed by atoms with Crippen molar-refractivity contribution in [3.63, 3.8) is 0 Å². The Kier molecular flexibility index (Phi) is 7.92. The van der Waals surface area contributed by atoms with Crippen LogP contribution in [0, 0.1) is 6.92 Å². The van der Waals surface area contributed by atoms with Crippen molar-refractivity contribution in [3.05, 3.63) is 66.8 Å². The zero-order valence-electron chi connectivity index (χ0n) is 22.1. The SMILES string of the molecule is C=C(F)C(=O)Nc1cc(Nc2nccc(-c3c(C)n(C)c4ccccc34)n2)c(OC)cc1OCCN(C)C. The summed E-state index contributed by atoms with van der Waals surface area (Å²) in [6, 6.07) is 13.2. The van der Waals surface area contributed by atoms with E-state index in [1.165, 1.54) is 7.11 Å². The smallest absolute Gasteiger partial charge is 0.283 e. The summed E-state index contributed by atoms with van der Waals surface area (Å²) in [4.78, 5) is 23.2. The molecule has 38 heavy (non-hydrogen) atoms. The van der Waals surface area contributed by atoms with Crippen LogP contribution < -0.4 is 20.1 Å². The Bertz CT molecular complexity index is 1500. The molecule has 10 heteroatoms. The number of nitrogens with zero attached hydrogens (tertiary/aromatic N) is 4. The first-order valence-corrected chi connectivity index (χ1v) is 12.0. The van der Waals surface area contributed by atoms with Crippen molar-refractivity contribution in [3.8, 4) is 22.8 Å². The van der Waals surface area contributed by atoms with Crippen molar-refractivity contribution in [2.45, 2.75) is 6.92 Å². The highest BCUT2D eigenvalue weighted by molar-refractivity contribution is 6.03. The lowest BCUT2D eigenvalue weighted by Gasteiger charge is -2.18. The highest BCUT2D eigenvalue weighted by Gasteiger charge is 2.18. The van der Waals surface area contributed by atoms with E-state index in [4.69, 9.17) is 14.5 Å². The van der Waals surface area contributed by atoms with Gasteiger partial charge < -0.3 is 29.6 Å². The minimum absolute atomic E-state index is 0.247. The molecule has 0 atom stereocenters. The Hall–Kier alpha value is -4.44. The molecular weight excluding hydrogens is 487 g/mol. The number of benzene rings is 2. The second kappa shape index (κ2) is 11.3. The molecular formula is C28H31FN6O3. The van der Waals surface area contributed by atoms with Gasteiger partial charge in [-0.15, -0.1) is 0 Å². The van der Waals surface area contributed by atoms with Crippen LogP contribution in [0.4, 0.5) is 21.7 Å². The molecule has 4 rings (SSSR count). The highest BCUT2D eigenvalue weighted by atomic mass is 19.1. The maximum Gasteiger partial charge on any atom is 0.283 e. The fraction of sp³-hybridized carbons (Fsp3) is 0.250. The molecule has 0 aliphatic heterocycles. The van der Waals surface area contributed by atoms with E-state index in [9.17, 15) is 9.18 Å². The number of likely N-dealkylation sites (N-methyl/N-ethyl adjacent to an activating group) is 1. The third-order valence-corrected chi connectivity index (χ3v) is 6.15. The van der Waals surface area contributed by atoms with Crippen LogP contribution in [-0.2, 0) is 11.8 Å². The summed E-state index contributed by atoms with van der Waals surface area (Å²) in [5.74, 6) is -1.01. The molecule has 1 amide bonds. The van der Waals surface area contributed by atoms with Crippen molar-refractivity contribution >= 4 is 34.1 Å². The number of rotatable bonds is 10. The van der Waals surface area contributed by atoms with Crippen molar-refractivity contribution in [2.24, 2.45) is 7.05 Å². The number of hydrogen-bond donors (Lipinski definition) is 2. The van der Waals surface area contributed by atoms with Gasteiger partial charge in [0.25, 0.3) is 5.91 Å². The first kappa shape index (κ1) is 26.6. The highest BCUT2D eigenvalue weighted by Crippen LogP contribution is 2.38. The topological polar surface area (TPSA) is 93.5 Å². The molecule has 0 aliphatic carbocycles. The molecule has 9 nitrogen and oxygen atoms in total. The molecule has 0 fully saturated rings. The number of fused-ring (bicyclic) bond motifs is 1. The number of anilines is 3. The number of halogens is 1. The van der Waals surface area contributed by atoms with Gasteiger partial charge in [-0.2, -0.15) is 0 Å². The molecule has 0 saturated carbocycles. The van der Waals surface area contributed by atoms with Gasteiger partial charge in [0.15, 0.2) is 5.83 Å². The van der Waals surface area contributed by atoms with Crippen LogP contribution >= 0.6 is 0 Å². The molecule has 2 aromatic carbocycles. The molecule has 2 N–H and O–H groups in total. The number of hydrogen-bond acceptors (Lipinski definition) is 7. The maximum absolute atomic E-state index is 13.5. The Morgan fingerprint density at radius 2 is 1.92 bits per heavy atom. The Labute approximate surface area is 220 Å². The van der Waals surface area contributed by atoms with E-state index < -0.39 is 11.7 Å². The lowest BCUT2D eigenvalue weighted by molar-refractivity contribution is -0.114. The summed E-state index contributed by atoms with van der Waals surface area (Å²) in [7, 11) is 7.38. The van der Waals surface area contributed by atoms with Crippen LogP contribution in [-0.4, -0.2) is 59.7 Å². The lowest BCUT2D eigenvalue weighted by Crippen LogP contribution is -2.20. The number of ether oxygens (including phenoxy) is 2. The minimum Gasteiger partial charge on any atom is -0.494 e. The van der Waals surface area contributed by atoms with Crippen molar-refractivity contribution in [2.75, 3.05) is 45.0 Å². The molecule has 0 spiro atoms. The van der Waals surface area contributed by atoms with Gasteiger partial charge in [-0.25, -0.2) is 14.4 Å². The monoisotopic (exact) mass is 518 g/mol. The molecule has 0 radical (unpaired) electrons. The molecule has 2 heterocycles. The van der Waals surface area contributed by atoms with Gasteiger partial charge in [-0.1, -0.05) is 24.8 Å². The molecule has 0 saturated heterocycles. The average Bonchev–Trinajstić information content (AvgIpc) is 3.14. The first-order chi connectivity index (χ1) is 18.2. The van der Waals surface area contributed by atoms with Gasteiger partial charge in [-0.05, 0) is 39.2 Å². The summed E-state index contributed by atoms with van der Waals surface area (Å²) >= 11 is 0. The van der Waals surface area contributed by atoms with Gasteiger partial charge >= 0.3 is 0 Å². The predicted molar refractivity (Wildman–Crippen MR) is 148 cm³/mol. The number of carbonyl (C=O) groups is 1. The summed E-state index contributed by atoms with van der Waals surface area (Å²) < 4.78 is 27.1. The summed E-state index contributed by atoms with van der Waals surface area (Å²) in [6.45, 7) is 6.11. The van der Waals surface area contributed by atoms with Gasteiger partial charge in [0.1, 0.15) is 18.1 Å². The second-order valence-corrected chi connectivity index (χ2v) is 8.99. The van der Waals surface area contributed by atoms with Crippen LogP contribution in [0.1, 0.15) is 5.69 Å². The van der Waals surface area contributed by atoms with E-state index in [1.807, 2.05) is 44.2 Å². The summed E-state index contributed by atoms with van der Waals surface area (Å²) in [5.41, 5.74) is 4.65. The maximum atomic E-state index is 13.5. The van der Waals surface area contributed by atoms with Crippen molar-refractivity contribution in [1.82, 2.24) is 19.4 Å². The number of carbonyl (C=O) groups excluding carboxylic acids is 1. The Balaban J connectivity index is 1.71. The summed E-state index contributed by atoms with van der Waals surface area (Å²) in [5, 5.41) is 6.76. The zero-order chi connectivity index (χ0) is 27.4. The van der Waals surface area contributed by atoms with Crippen LogP contribution in [0.3, 0.4) is 0 Å². The Morgan fingerprint density at radius 1 is 1.16 bits per heavy atom. The van der Waals surface area contributed by atoms with E-state index in [-0.39, 0.29) is 5.69 Å². The molecule has 2 aromatic heterocycles. The van der Waals surface area contributed by atoms with E-state index in [0.717, 1.165) is 27.9 Å². The van der Waals surface area contributed by atoms with Gasteiger partial charge in [0.2, 0.25) is 5.95 Å². The van der Waals surface area contributed by atoms with Gasteiger partial charge in [-0.3, -0.25) is 4.79 Å². The normalized spacial score (nSPS) is 11.0. The van der Waals surface area contributed by atoms with Crippen molar-refractivity contribution < 1.29 is 18.7 Å². The number of aryl methyl sites for hydroxylation is 1. The van der Waals surface area contributed by atoms with Crippen molar-refractivity contribution in [1.29, 1.82) is 0 Å². The predicted octanol–water partition coefficient (Wildman–Crippen LogP) is 5.06. The molecule has 4 aromatic rings. The number of amides is 1. The van der Waals surface area contributed by atoms with E-state index in [0.29, 0.717) is 36.3 Å².